The van der Waals surface area contributed by atoms with Crippen LogP contribution in [-0.2, 0) is 48.1 Å². The Balaban J connectivity index is 0.000000396. The lowest BCUT2D eigenvalue weighted by Gasteiger charge is -2.22. The molecule has 0 spiro atoms. The number of aliphatic hydroxyl groups is 2. The summed E-state index contributed by atoms with van der Waals surface area (Å²) in [6.45, 7) is 22.5. The lowest BCUT2D eigenvalue weighted by atomic mass is 10.1. The summed E-state index contributed by atoms with van der Waals surface area (Å²) in [5, 5.41) is 41.7. The molecule has 0 aliphatic carbocycles. The first-order chi connectivity index (χ1) is 53.6. The monoisotopic (exact) mass is 1560 g/mol. The first-order valence-electron chi connectivity index (χ1n) is 36.2. The number of fused-ring (bicyclic) bond motifs is 1. The fourth-order valence-corrected chi connectivity index (χ4v) is 9.68. The van der Waals surface area contributed by atoms with Crippen molar-refractivity contribution in [1.29, 1.82) is 0 Å². The SMILES string of the molecule is CC(C)CNC(=O)C(O)c1ccccc1.CC(C)CNC(=O)[C@H](ON)c1ccccc1.CC(C)CNC(=O)[C@H](ON1C(=O)c2ccccc2C1=O)c1ccccc1.CC(C)CNC(=O)[C@H](ONC(=O)c1cccc(C(=O)NO[C@@H](C(=O)NCC(C)C)c2ccccc2)c1)c1ccccc1.NN.O.O=C(O)C(O)c1ccccc1. The van der Waals surface area contributed by atoms with Crippen molar-refractivity contribution in [2.45, 2.75) is 106 Å². The summed E-state index contributed by atoms with van der Waals surface area (Å²) in [5.41, 5.74) is 8.90. The van der Waals surface area contributed by atoms with E-state index < -0.39 is 83.9 Å². The smallest absolute Gasteiger partial charge is 0.337 e. The molecule has 29 nitrogen and oxygen atoms in total. The fourth-order valence-electron chi connectivity index (χ4n) is 9.68. The van der Waals surface area contributed by atoms with Crippen LogP contribution in [0.15, 0.2) is 231 Å². The summed E-state index contributed by atoms with van der Waals surface area (Å²) in [5.74, 6) is 9.25. The third-order valence-corrected chi connectivity index (χ3v) is 15.5. The van der Waals surface area contributed by atoms with E-state index in [1.807, 2.05) is 124 Å². The van der Waals surface area contributed by atoms with Crippen molar-refractivity contribution in [1.82, 2.24) is 42.6 Å². The van der Waals surface area contributed by atoms with Crippen LogP contribution in [0.4, 0.5) is 0 Å². The number of aliphatic carboxylic acids is 1. The second-order valence-corrected chi connectivity index (χ2v) is 27.2. The lowest BCUT2D eigenvalue weighted by Crippen LogP contribution is -2.39. The van der Waals surface area contributed by atoms with E-state index in [0.29, 0.717) is 77.4 Å². The van der Waals surface area contributed by atoms with Gasteiger partial charge in [-0.1, -0.05) is 269 Å². The van der Waals surface area contributed by atoms with Gasteiger partial charge in [-0.2, -0.15) is 0 Å². The molecule has 0 saturated heterocycles. The third kappa shape index (κ3) is 33.4. The van der Waals surface area contributed by atoms with Crippen molar-refractivity contribution >= 4 is 59.1 Å². The number of carbonyl (C=O) groups is 10. The molecule has 0 bridgehead atoms. The molecule has 1 heterocycles. The minimum Gasteiger partial charge on any atom is -0.479 e. The zero-order valence-electron chi connectivity index (χ0n) is 65.1. The summed E-state index contributed by atoms with van der Waals surface area (Å²) in [4.78, 5) is 144. The molecule has 0 radical (unpaired) electrons. The van der Waals surface area contributed by atoms with Gasteiger partial charge < -0.3 is 47.4 Å². The molecule has 113 heavy (non-hydrogen) atoms. The maximum atomic E-state index is 12.9. The Morgan fingerprint density at radius 1 is 0.354 bits per heavy atom. The van der Waals surface area contributed by atoms with Crippen LogP contribution in [-0.4, -0.2) is 118 Å². The van der Waals surface area contributed by atoms with Crippen LogP contribution in [0.3, 0.4) is 0 Å². The van der Waals surface area contributed by atoms with E-state index in [4.69, 9.17) is 35.5 Å². The second-order valence-electron chi connectivity index (χ2n) is 27.2. The van der Waals surface area contributed by atoms with Gasteiger partial charge in [0.2, 0.25) is 0 Å². The van der Waals surface area contributed by atoms with Crippen LogP contribution in [0.5, 0.6) is 0 Å². The zero-order valence-corrected chi connectivity index (χ0v) is 65.1. The molecule has 2 unspecified atom stereocenters. The predicted octanol–water partition coefficient (Wildman–Crippen LogP) is 8.45. The van der Waals surface area contributed by atoms with Crippen LogP contribution in [0.2, 0.25) is 0 Å². The van der Waals surface area contributed by atoms with Crippen LogP contribution < -0.4 is 55.1 Å². The first-order valence-corrected chi connectivity index (χ1v) is 36.2. The van der Waals surface area contributed by atoms with E-state index in [-0.39, 0.29) is 57.3 Å². The van der Waals surface area contributed by atoms with Gasteiger partial charge in [0.25, 0.3) is 53.2 Å². The maximum absolute atomic E-state index is 12.9. The molecule has 0 aromatic heterocycles. The molecule has 6 atom stereocenters. The molecule has 8 aromatic carbocycles. The largest absolute Gasteiger partial charge is 0.479 e. The molecular formula is C84H107N11O18. The Labute approximate surface area is 658 Å². The molecule has 9 amide bonds. The quantitative estimate of drug-likeness (QED) is 0.0110. The number of nitrogens with two attached hydrogens (primary N) is 3. The number of hydroxylamine groups is 4. The van der Waals surface area contributed by atoms with Gasteiger partial charge in [-0.05, 0) is 93.3 Å². The molecule has 0 fully saturated rings. The Kier molecular flexibility index (Phi) is 43.7. The Morgan fingerprint density at radius 2 is 0.611 bits per heavy atom. The molecule has 606 valence electrons. The molecule has 1 aliphatic rings. The molecule has 0 saturated carbocycles. The number of hydrogen-bond donors (Lipinski definition) is 13. The summed E-state index contributed by atoms with van der Waals surface area (Å²) >= 11 is 0. The van der Waals surface area contributed by atoms with Gasteiger partial charge in [0.1, 0.15) is 0 Å². The zero-order chi connectivity index (χ0) is 82.7. The molecular weight excluding hydrogens is 1450 g/mol. The van der Waals surface area contributed by atoms with Gasteiger partial charge in [0.15, 0.2) is 36.6 Å². The van der Waals surface area contributed by atoms with Gasteiger partial charge in [0, 0.05) is 43.9 Å². The van der Waals surface area contributed by atoms with Crippen LogP contribution in [0.25, 0.3) is 0 Å². The van der Waals surface area contributed by atoms with Crippen LogP contribution in [0.1, 0.15) is 181 Å². The Hall–Kier alpha value is -11.7. The van der Waals surface area contributed by atoms with Crippen molar-refractivity contribution in [2.75, 3.05) is 32.7 Å². The number of carboxylic acid groups (broad SMARTS) is 1. The van der Waals surface area contributed by atoms with E-state index >= 15 is 0 Å². The summed E-state index contributed by atoms with van der Waals surface area (Å²) in [7, 11) is 0. The van der Waals surface area contributed by atoms with Crippen molar-refractivity contribution in [3.63, 3.8) is 0 Å². The number of carbonyl (C=O) groups excluding carboxylic acids is 9. The molecule has 8 aromatic rings. The number of aliphatic hydroxyl groups excluding tert-OH is 2. The number of rotatable bonds is 31. The second kappa shape index (κ2) is 51.7. The predicted molar refractivity (Wildman–Crippen MR) is 425 cm³/mol. The van der Waals surface area contributed by atoms with Crippen molar-refractivity contribution in [3.05, 3.63) is 286 Å². The number of benzene rings is 8. The molecule has 18 N–H and O–H groups in total. The van der Waals surface area contributed by atoms with Crippen molar-refractivity contribution in [3.8, 4) is 0 Å². The highest BCUT2D eigenvalue weighted by atomic mass is 16.7. The van der Waals surface area contributed by atoms with E-state index in [9.17, 15) is 53.1 Å². The summed E-state index contributed by atoms with van der Waals surface area (Å²) in [6.07, 6.45) is -6.46. The lowest BCUT2D eigenvalue weighted by molar-refractivity contribution is -0.161. The number of hydrazine groups is 1. The highest BCUT2D eigenvalue weighted by Crippen LogP contribution is 2.29. The van der Waals surface area contributed by atoms with Gasteiger partial charge in [-0.25, -0.2) is 26.5 Å². The number of amides is 9. The number of carboxylic acids is 1. The summed E-state index contributed by atoms with van der Waals surface area (Å²) < 4.78 is 0. The van der Waals surface area contributed by atoms with Gasteiger partial charge in [-0.3, -0.25) is 69.3 Å². The highest BCUT2D eigenvalue weighted by molar-refractivity contribution is 6.20. The van der Waals surface area contributed by atoms with Crippen LogP contribution in [0, 0.1) is 29.6 Å². The fraction of sp³-hybridized carbons (Fsp3) is 0.310. The van der Waals surface area contributed by atoms with Gasteiger partial charge >= 0.3 is 5.97 Å². The van der Waals surface area contributed by atoms with Gasteiger partial charge in [0.05, 0.1) is 11.1 Å². The topological polar surface area (TPSA) is 465 Å². The van der Waals surface area contributed by atoms with Gasteiger partial charge in [-0.15, -0.1) is 5.06 Å². The third-order valence-electron chi connectivity index (χ3n) is 15.5. The van der Waals surface area contributed by atoms with E-state index in [2.05, 4.69) is 49.2 Å². The summed E-state index contributed by atoms with van der Waals surface area (Å²) in [6, 6.07) is 65.1. The average Bonchev–Trinajstić information content (AvgIpc) is 1.63. The maximum Gasteiger partial charge on any atom is 0.337 e. The minimum absolute atomic E-state index is 0. The standard InChI is InChI=1S/C32H38N4O6.C20H20N2O4.C12H18N2O2.C12H17NO2.C8H8O3.H4N2.H2O/c1-21(2)19-33-31(39)27(23-12-7-5-8-13-23)41-35-29(37)25-16-11-17-26(18-25)30(38)36-42-28(24-14-9-6-10-15-24)32(40)34-20-22(3)4;1-13(2)12-21-18(23)17(14-8-4-3-5-9-14)26-22-19(24)15-10-6-7-11-16(15)20(22)25;1-9(2)8-14-12(15)11(16-13)10-6-4-3-5-7-10;1-9(2)8-13-12(15)11(14)10-6-4-3-5-7-10;9-7(8(10)11)6-4-2-1-3-5-6;1-2;/h5-18,21-22,27-28H,19-20H2,1-4H3,(H,33,39)(H,34,40)(H,35,37)(H,36,38);3-11,13,17H,12H2,1-2H3,(H,21,23);3-7,9,11H,8,13H2,1-2H3,(H,14,15);3-7,9,11,14H,8H2,1-2H3,(H,13,15);1-5,7,9H,(H,10,11);1-2H2;1H2/t27-,28-;17-;11-;;;;/m111..../s1. The number of nitrogens with zero attached hydrogens (tertiary/aromatic N) is 1. The highest BCUT2D eigenvalue weighted by Gasteiger charge is 2.40. The average molecular weight is 1560 g/mol. The first kappa shape index (κ1) is 95.5. The molecule has 1 aliphatic heterocycles. The van der Waals surface area contributed by atoms with Crippen molar-refractivity contribution < 1.29 is 88.1 Å². The Bertz CT molecular complexity index is 4060. The van der Waals surface area contributed by atoms with E-state index in [1.165, 1.54) is 24.3 Å². The van der Waals surface area contributed by atoms with E-state index in [0.717, 1.165) is 5.56 Å². The van der Waals surface area contributed by atoms with Crippen LogP contribution >= 0.6 is 0 Å². The minimum atomic E-state index is -1.41. The normalized spacial score (nSPS) is 12.6. The molecule has 29 heteroatoms. The molecule has 9 rings (SSSR count). The number of hydrogen-bond acceptors (Lipinski definition) is 19. The van der Waals surface area contributed by atoms with E-state index in [1.54, 1.807) is 152 Å². The number of nitrogens with one attached hydrogen (secondary N) is 7. The Morgan fingerprint density at radius 3 is 0.912 bits per heavy atom. The van der Waals surface area contributed by atoms with Crippen molar-refractivity contribution in [2.24, 2.45) is 47.2 Å². The number of imide groups is 1.